The molecule has 3 heteroatoms. The fourth-order valence-corrected chi connectivity index (χ4v) is 1.87. The molecule has 1 unspecified atom stereocenters. The lowest BCUT2D eigenvalue weighted by Gasteiger charge is -2.26. The molecule has 1 aromatic carbocycles. The van der Waals surface area contributed by atoms with E-state index in [0.29, 0.717) is 0 Å². The molecule has 0 aliphatic heterocycles. The van der Waals surface area contributed by atoms with Crippen LogP contribution in [0.1, 0.15) is 18.5 Å². The van der Waals surface area contributed by atoms with Crippen molar-refractivity contribution in [2.24, 2.45) is 0 Å². The Morgan fingerprint density at radius 2 is 1.83 bits per heavy atom. The van der Waals surface area contributed by atoms with Gasteiger partial charge < -0.3 is 9.64 Å². The zero-order valence-electron chi connectivity index (χ0n) is 11.0. The van der Waals surface area contributed by atoms with Crippen LogP contribution in [0.25, 0.3) is 0 Å². The number of anilines is 1. The molecular weight excluding hydrogens is 224 g/mol. The van der Waals surface area contributed by atoms with Crippen LogP contribution in [-0.4, -0.2) is 19.1 Å². The summed E-state index contributed by atoms with van der Waals surface area (Å²) < 4.78 is 5.17. The van der Waals surface area contributed by atoms with E-state index in [1.54, 1.807) is 7.11 Å². The molecule has 0 spiro atoms. The van der Waals surface area contributed by atoms with Crippen molar-refractivity contribution in [1.29, 1.82) is 0 Å². The number of hydrogen-bond acceptors (Lipinski definition) is 3. The van der Waals surface area contributed by atoms with E-state index in [4.69, 9.17) is 4.74 Å². The molecule has 18 heavy (non-hydrogen) atoms. The molecule has 0 saturated carbocycles. The minimum Gasteiger partial charge on any atom is -0.497 e. The third-order valence-corrected chi connectivity index (χ3v) is 3.19. The maximum Gasteiger partial charge on any atom is 0.128 e. The molecule has 0 radical (unpaired) electrons. The Labute approximate surface area is 108 Å². The van der Waals surface area contributed by atoms with Crippen LogP contribution in [0.5, 0.6) is 5.75 Å². The number of pyridine rings is 1. The standard InChI is InChI=1S/C15H18N2O/c1-12(13-7-9-14(18-3)10-8-13)17(2)15-6-4-5-11-16-15/h4-12H,1-3H3. The zero-order chi connectivity index (χ0) is 13.0. The third-order valence-electron chi connectivity index (χ3n) is 3.19. The number of benzene rings is 1. The average Bonchev–Trinajstić information content (AvgIpc) is 2.47. The van der Waals surface area contributed by atoms with E-state index in [1.807, 2.05) is 36.5 Å². The second-order valence-electron chi connectivity index (χ2n) is 4.25. The third kappa shape index (κ3) is 2.62. The molecule has 0 fully saturated rings. The van der Waals surface area contributed by atoms with Crippen molar-refractivity contribution in [3.8, 4) is 5.75 Å². The molecule has 0 N–H and O–H groups in total. The maximum absolute atomic E-state index is 5.17. The van der Waals surface area contributed by atoms with Crippen LogP contribution in [0.4, 0.5) is 5.82 Å². The van der Waals surface area contributed by atoms with Gasteiger partial charge in [0.25, 0.3) is 0 Å². The van der Waals surface area contributed by atoms with Crippen LogP contribution in [-0.2, 0) is 0 Å². The van der Waals surface area contributed by atoms with Gasteiger partial charge in [0.15, 0.2) is 0 Å². The molecule has 3 nitrogen and oxygen atoms in total. The SMILES string of the molecule is COc1ccc(C(C)N(C)c2ccccn2)cc1. The summed E-state index contributed by atoms with van der Waals surface area (Å²) in [6.07, 6.45) is 1.81. The van der Waals surface area contributed by atoms with Gasteiger partial charge in [-0.05, 0) is 36.8 Å². The molecule has 0 amide bonds. The van der Waals surface area contributed by atoms with Crippen LogP contribution in [0.2, 0.25) is 0 Å². The second-order valence-corrected chi connectivity index (χ2v) is 4.25. The van der Waals surface area contributed by atoms with Gasteiger partial charge in [-0.3, -0.25) is 0 Å². The van der Waals surface area contributed by atoms with Crippen LogP contribution in [0.3, 0.4) is 0 Å². The van der Waals surface area contributed by atoms with E-state index in [2.05, 4.69) is 36.0 Å². The van der Waals surface area contributed by atoms with Gasteiger partial charge in [-0.15, -0.1) is 0 Å². The Balaban J connectivity index is 2.17. The van der Waals surface area contributed by atoms with Crippen molar-refractivity contribution in [2.75, 3.05) is 19.1 Å². The van der Waals surface area contributed by atoms with E-state index < -0.39 is 0 Å². The van der Waals surface area contributed by atoms with Crippen molar-refractivity contribution in [1.82, 2.24) is 4.98 Å². The second kappa shape index (κ2) is 5.54. The quantitative estimate of drug-likeness (QED) is 0.822. The molecule has 1 atom stereocenters. The number of ether oxygens (including phenoxy) is 1. The first kappa shape index (κ1) is 12.4. The van der Waals surface area contributed by atoms with E-state index in [0.717, 1.165) is 11.6 Å². The van der Waals surface area contributed by atoms with Crippen LogP contribution in [0, 0.1) is 0 Å². The van der Waals surface area contributed by atoms with Crippen molar-refractivity contribution in [3.63, 3.8) is 0 Å². The molecule has 1 heterocycles. The highest BCUT2D eigenvalue weighted by molar-refractivity contribution is 5.41. The molecule has 0 bridgehead atoms. The Morgan fingerprint density at radius 3 is 2.39 bits per heavy atom. The minimum absolute atomic E-state index is 0.269. The topological polar surface area (TPSA) is 25.4 Å². The molecule has 1 aromatic heterocycles. The summed E-state index contributed by atoms with van der Waals surface area (Å²) in [4.78, 5) is 6.51. The first-order chi connectivity index (χ1) is 8.72. The summed E-state index contributed by atoms with van der Waals surface area (Å²) in [7, 11) is 3.73. The number of hydrogen-bond donors (Lipinski definition) is 0. The molecule has 0 saturated heterocycles. The van der Waals surface area contributed by atoms with Gasteiger partial charge >= 0.3 is 0 Å². The molecule has 0 aliphatic carbocycles. The van der Waals surface area contributed by atoms with Crippen molar-refractivity contribution in [2.45, 2.75) is 13.0 Å². The van der Waals surface area contributed by atoms with E-state index in [-0.39, 0.29) is 6.04 Å². The molecular formula is C15H18N2O. The molecule has 2 rings (SSSR count). The molecule has 2 aromatic rings. The Kier molecular flexibility index (Phi) is 3.82. The summed E-state index contributed by atoms with van der Waals surface area (Å²) in [5, 5.41) is 0. The number of nitrogens with zero attached hydrogens (tertiary/aromatic N) is 2. The first-order valence-electron chi connectivity index (χ1n) is 6.00. The van der Waals surface area contributed by atoms with Gasteiger partial charge in [-0.25, -0.2) is 4.98 Å². The Bertz CT molecular complexity index is 482. The predicted molar refractivity (Wildman–Crippen MR) is 74.0 cm³/mol. The maximum atomic E-state index is 5.17. The number of aromatic nitrogens is 1. The number of methoxy groups -OCH3 is 1. The van der Waals surface area contributed by atoms with Gasteiger partial charge in [-0.1, -0.05) is 18.2 Å². The van der Waals surface area contributed by atoms with Crippen molar-refractivity contribution in [3.05, 3.63) is 54.2 Å². The number of rotatable bonds is 4. The summed E-state index contributed by atoms with van der Waals surface area (Å²) in [5.74, 6) is 1.85. The smallest absolute Gasteiger partial charge is 0.128 e. The monoisotopic (exact) mass is 242 g/mol. The van der Waals surface area contributed by atoms with Crippen molar-refractivity contribution < 1.29 is 4.74 Å². The van der Waals surface area contributed by atoms with Gasteiger partial charge in [0.1, 0.15) is 11.6 Å². The van der Waals surface area contributed by atoms with Gasteiger partial charge in [0.05, 0.1) is 13.2 Å². The van der Waals surface area contributed by atoms with Gasteiger partial charge in [0.2, 0.25) is 0 Å². The average molecular weight is 242 g/mol. The Hall–Kier alpha value is -2.03. The molecule has 94 valence electrons. The van der Waals surface area contributed by atoms with Crippen LogP contribution >= 0.6 is 0 Å². The fourth-order valence-electron chi connectivity index (χ4n) is 1.87. The highest BCUT2D eigenvalue weighted by Crippen LogP contribution is 2.24. The van der Waals surface area contributed by atoms with E-state index >= 15 is 0 Å². The highest BCUT2D eigenvalue weighted by Gasteiger charge is 2.12. The summed E-state index contributed by atoms with van der Waals surface area (Å²) >= 11 is 0. The van der Waals surface area contributed by atoms with Gasteiger partial charge in [-0.2, -0.15) is 0 Å². The zero-order valence-corrected chi connectivity index (χ0v) is 11.0. The summed E-state index contributed by atoms with van der Waals surface area (Å²) in [5.41, 5.74) is 1.24. The lowest BCUT2D eigenvalue weighted by molar-refractivity contribution is 0.414. The molecule has 0 aliphatic rings. The predicted octanol–water partition coefficient (Wildman–Crippen LogP) is 3.29. The summed E-state index contributed by atoms with van der Waals surface area (Å²) in [6, 6.07) is 14.3. The van der Waals surface area contributed by atoms with E-state index in [9.17, 15) is 0 Å². The van der Waals surface area contributed by atoms with Crippen molar-refractivity contribution >= 4 is 5.82 Å². The minimum atomic E-state index is 0.269. The lowest BCUT2D eigenvalue weighted by Crippen LogP contribution is -2.22. The fraction of sp³-hybridized carbons (Fsp3) is 0.267. The lowest BCUT2D eigenvalue weighted by atomic mass is 10.1. The largest absolute Gasteiger partial charge is 0.497 e. The van der Waals surface area contributed by atoms with Crippen LogP contribution < -0.4 is 9.64 Å². The van der Waals surface area contributed by atoms with Crippen LogP contribution in [0.15, 0.2) is 48.7 Å². The normalized spacial score (nSPS) is 11.9. The van der Waals surface area contributed by atoms with Gasteiger partial charge in [0, 0.05) is 13.2 Å². The highest BCUT2D eigenvalue weighted by atomic mass is 16.5. The Morgan fingerprint density at radius 1 is 1.11 bits per heavy atom. The first-order valence-corrected chi connectivity index (χ1v) is 6.00. The van der Waals surface area contributed by atoms with E-state index in [1.165, 1.54) is 5.56 Å². The summed E-state index contributed by atoms with van der Waals surface area (Å²) in [6.45, 7) is 2.16.